The highest BCUT2D eigenvalue weighted by atomic mass is 16.1. The molecule has 7 heteroatoms. The molecule has 0 aromatic carbocycles. The summed E-state index contributed by atoms with van der Waals surface area (Å²) in [6.45, 7) is 0.895. The summed E-state index contributed by atoms with van der Waals surface area (Å²) >= 11 is 0. The van der Waals surface area contributed by atoms with Crippen molar-refractivity contribution in [3.63, 3.8) is 0 Å². The standard InChI is InChI=1S/C18H26N6O/c1-20-18(19)24(2)11-12-3-5-13(6-4-12)17(25)23-15-8-10-22-16-14(15)7-9-21-16/h7-10,12-13H,3-6,11H2,1-2H3,(H2,19,20)(H2,21,22,23,25)/t12-,13-. The molecule has 1 fully saturated rings. The second kappa shape index (κ2) is 7.55. The predicted octanol–water partition coefficient (Wildman–Crippen LogP) is 2.18. The lowest BCUT2D eigenvalue weighted by molar-refractivity contribution is -0.121. The van der Waals surface area contributed by atoms with Gasteiger partial charge in [0.15, 0.2) is 5.96 Å². The third-order valence-electron chi connectivity index (χ3n) is 5.09. The number of amides is 1. The van der Waals surface area contributed by atoms with E-state index in [0.29, 0.717) is 11.9 Å². The lowest BCUT2D eigenvalue weighted by Crippen LogP contribution is -2.39. The van der Waals surface area contributed by atoms with Crippen molar-refractivity contribution in [3.05, 3.63) is 24.5 Å². The van der Waals surface area contributed by atoms with Gasteiger partial charge >= 0.3 is 0 Å². The largest absolute Gasteiger partial charge is 0.370 e. The number of hydrogen-bond acceptors (Lipinski definition) is 3. The van der Waals surface area contributed by atoms with Gasteiger partial charge < -0.3 is 20.9 Å². The van der Waals surface area contributed by atoms with Crippen LogP contribution in [0.2, 0.25) is 0 Å². The first-order valence-electron chi connectivity index (χ1n) is 8.75. The van der Waals surface area contributed by atoms with Crippen LogP contribution < -0.4 is 11.1 Å². The van der Waals surface area contributed by atoms with E-state index in [0.717, 1.165) is 48.9 Å². The van der Waals surface area contributed by atoms with Crippen molar-refractivity contribution in [3.8, 4) is 0 Å². The summed E-state index contributed by atoms with van der Waals surface area (Å²) in [4.78, 5) is 25.9. The molecule has 2 aromatic rings. The van der Waals surface area contributed by atoms with E-state index in [4.69, 9.17) is 5.73 Å². The third kappa shape index (κ3) is 3.92. The van der Waals surface area contributed by atoms with E-state index >= 15 is 0 Å². The zero-order valence-corrected chi connectivity index (χ0v) is 14.8. The summed E-state index contributed by atoms with van der Waals surface area (Å²) in [6, 6.07) is 3.78. The highest BCUT2D eigenvalue weighted by molar-refractivity contribution is 6.00. The van der Waals surface area contributed by atoms with Crippen LogP contribution in [-0.4, -0.2) is 47.4 Å². The predicted molar refractivity (Wildman–Crippen MR) is 100 cm³/mol. The molecule has 3 rings (SSSR count). The van der Waals surface area contributed by atoms with Crippen LogP contribution in [0.15, 0.2) is 29.5 Å². The van der Waals surface area contributed by atoms with E-state index in [1.165, 1.54) is 0 Å². The van der Waals surface area contributed by atoms with E-state index in [2.05, 4.69) is 20.3 Å². The Morgan fingerprint density at radius 1 is 1.40 bits per heavy atom. The Labute approximate surface area is 147 Å². The number of rotatable bonds is 4. The van der Waals surface area contributed by atoms with Crippen molar-refractivity contribution < 1.29 is 4.79 Å². The molecule has 0 spiro atoms. The number of nitrogens with two attached hydrogens (primary N) is 1. The summed E-state index contributed by atoms with van der Waals surface area (Å²) in [5, 5.41) is 4.02. The quantitative estimate of drug-likeness (QED) is 0.586. The molecular formula is C18H26N6O. The second-order valence-corrected chi connectivity index (χ2v) is 6.77. The Balaban J connectivity index is 1.54. The molecule has 1 aliphatic rings. The van der Waals surface area contributed by atoms with Crippen LogP contribution in [0, 0.1) is 11.8 Å². The van der Waals surface area contributed by atoms with Gasteiger partial charge in [0.05, 0.1) is 5.69 Å². The van der Waals surface area contributed by atoms with Gasteiger partial charge in [0.1, 0.15) is 5.65 Å². The number of pyridine rings is 1. The van der Waals surface area contributed by atoms with Gasteiger partial charge in [0, 0.05) is 44.3 Å². The molecule has 0 bridgehead atoms. The van der Waals surface area contributed by atoms with Gasteiger partial charge in [0.2, 0.25) is 5.91 Å². The summed E-state index contributed by atoms with van der Waals surface area (Å²) in [7, 11) is 3.67. The molecule has 1 saturated carbocycles. The smallest absolute Gasteiger partial charge is 0.227 e. The zero-order chi connectivity index (χ0) is 17.8. The molecule has 1 aliphatic carbocycles. The molecule has 25 heavy (non-hydrogen) atoms. The van der Waals surface area contributed by atoms with Gasteiger partial charge in [0.25, 0.3) is 0 Å². The Kier molecular flexibility index (Phi) is 5.21. The molecule has 7 nitrogen and oxygen atoms in total. The molecule has 0 unspecified atom stereocenters. The van der Waals surface area contributed by atoms with Gasteiger partial charge in [-0.25, -0.2) is 4.98 Å². The Morgan fingerprint density at radius 2 is 2.16 bits per heavy atom. The number of carbonyl (C=O) groups excluding carboxylic acids is 1. The molecule has 2 aromatic heterocycles. The van der Waals surface area contributed by atoms with E-state index in [1.54, 1.807) is 13.2 Å². The lowest BCUT2D eigenvalue weighted by Gasteiger charge is -2.31. The second-order valence-electron chi connectivity index (χ2n) is 6.77. The van der Waals surface area contributed by atoms with Crippen molar-refractivity contribution in [2.45, 2.75) is 25.7 Å². The Morgan fingerprint density at radius 3 is 2.88 bits per heavy atom. The number of nitrogens with one attached hydrogen (secondary N) is 2. The number of nitrogens with zero attached hydrogens (tertiary/aromatic N) is 3. The molecule has 0 aliphatic heterocycles. The topological polar surface area (TPSA) is 99.4 Å². The van der Waals surface area contributed by atoms with Gasteiger partial charge in [-0.05, 0) is 43.7 Å². The minimum atomic E-state index is 0.0703. The first kappa shape index (κ1) is 17.3. The number of fused-ring (bicyclic) bond motifs is 1. The molecule has 134 valence electrons. The maximum atomic E-state index is 12.6. The van der Waals surface area contributed by atoms with Crippen LogP contribution in [0.3, 0.4) is 0 Å². The molecule has 0 saturated heterocycles. The van der Waals surface area contributed by atoms with Gasteiger partial charge in [-0.3, -0.25) is 9.79 Å². The van der Waals surface area contributed by atoms with Crippen molar-refractivity contribution in [2.75, 3.05) is 26.0 Å². The number of aliphatic imine (C=N–C) groups is 1. The maximum absolute atomic E-state index is 12.6. The first-order chi connectivity index (χ1) is 12.1. The third-order valence-corrected chi connectivity index (χ3v) is 5.09. The molecule has 0 radical (unpaired) electrons. The average Bonchev–Trinajstić information content (AvgIpc) is 3.11. The van der Waals surface area contributed by atoms with E-state index in [-0.39, 0.29) is 11.8 Å². The minimum Gasteiger partial charge on any atom is -0.370 e. The van der Waals surface area contributed by atoms with E-state index in [9.17, 15) is 4.79 Å². The van der Waals surface area contributed by atoms with Gasteiger partial charge in [-0.15, -0.1) is 0 Å². The van der Waals surface area contributed by atoms with Crippen LogP contribution in [0.5, 0.6) is 0 Å². The minimum absolute atomic E-state index is 0.0703. The molecule has 1 amide bonds. The number of guanidine groups is 1. The number of H-pyrrole nitrogens is 1. The van der Waals surface area contributed by atoms with Crippen molar-refractivity contribution in [1.82, 2.24) is 14.9 Å². The molecule has 2 heterocycles. The van der Waals surface area contributed by atoms with E-state index in [1.807, 2.05) is 30.3 Å². The summed E-state index contributed by atoms with van der Waals surface area (Å²) in [6.07, 6.45) is 7.44. The Hall–Kier alpha value is -2.57. The SMILES string of the molecule is C/N=C(\N)N(C)C[C@H]1CC[C@H](C(=O)Nc2ccnc3[nH]ccc23)CC1. The highest BCUT2D eigenvalue weighted by Gasteiger charge is 2.27. The normalized spacial score (nSPS) is 21.3. The van der Waals surface area contributed by atoms with Crippen LogP contribution in [0.25, 0.3) is 11.0 Å². The summed E-state index contributed by atoms with van der Waals surface area (Å²) < 4.78 is 0. The highest BCUT2D eigenvalue weighted by Crippen LogP contribution is 2.31. The van der Waals surface area contributed by atoms with E-state index < -0.39 is 0 Å². The lowest BCUT2D eigenvalue weighted by atomic mass is 9.81. The fourth-order valence-corrected chi connectivity index (χ4v) is 3.56. The van der Waals surface area contributed by atoms with Crippen molar-refractivity contribution >= 4 is 28.6 Å². The van der Waals surface area contributed by atoms with Crippen molar-refractivity contribution in [2.24, 2.45) is 22.6 Å². The number of hydrogen-bond donors (Lipinski definition) is 3. The zero-order valence-electron chi connectivity index (χ0n) is 14.8. The number of aromatic amines is 1. The van der Waals surface area contributed by atoms with Crippen LogP contribution >= 0.6 is 0 Å². The number of anilines is 1. The fraction of sp³-hybridized carbons (Fsp3) is 0.500. The maximum Gasteiger partial charge on any atom is 0.227 e. The molecule has 4 N–H and O–H groups in total. The first-order valence-corrected chi connectivity index (χ1v) is 8.75. The molecule has 0 atom stereocenters. The monoisotopic (exact) mass is 342 g/mol. The molecular weight excluding hydrogens is 316 g/mol. The Bertz CT molecular complexity index is 760. The fourth-order valence-electron chi connectivity index (χ4n) is 3.56. The number of carbonyl (C=O) groups is 1. The average molecular weight is 342 g/mol. The number of aromatic nitrogens is 2. The van der Waals surface area contributed by atoms with Crippen LogP contribution in [0.4, 0.5) is 5.69 Å². The van der Waals surface area contributed by atoms with Crippen molar-refractivity contribution in [1.29, 1.82) is 0 Å². The van der Waals surface area contributed by atoms with Crippen LogP contribution in [-0.2, 0) is 4.79 Å². The summed E-state index contributed by atoms with van der Waals surface area (Å²) in [5.74, 6) is 1.30. The van der Waals surface area contributed by atoms with Gasteiger partial charge in [-0.1, -0.05) is 0 Å². The van der Waals surface area contributed by atoms with Crippen LogP contribution in [0.1, 0.15) is 25.7 Å². The van der Waals surface area contributed by atoms with Gasteiger partial charge in [-0.2, -0.15) is 0 Å². The summed E-state index contributed by atoms with van der Waals surface area (Å²) in [5.41, 5.74) is 7.45.